The molecule has 16 rings (SSSR count). The first-order valence-corrected chi connectivity index (χ1v) is 25.9. The predicted octanol–water partition coefficient (Wildman–Crippen LogP) is 17.8. The molecule has 12 aromatic rings. The highest BCUT2D eigenvalue weighted by molar-refractivity contribution is 6.18. The molecule has 0 fully saturated rings. The minimum Gasteiger partial charge on any atom is -0.309 e. The van der Waals surface area contributed by atoms with Gasteiger partial charge < -0.3 is 9.13 Å². The van der Waals surface area contributed by atoms with Gasteiger partial charge in [0.05, 0.1) is 22.1 Å². The van der Waals surface area contributed by atoms with Crippen LogP contribution in [0, 0.1) is 0 Å². The molecule has 10 aromatic carbocycles. The fourth-order valence-electron chi connectivity index (χ4n) is 14.7. The third kappa shape index (κ3) is 4.99. The molecule has 334 valence electrons. The Morgan fingerprint density at radius 3 is 1.19 bits per heavy atom. The highest BCUT2D eigenvalue weighted by Gasteiger charge is 2.42. The Labute approximate surface area is 408 Å². The lowest BCUT2D eigenvalue weighted by atomic mass is 9.62. The SMILES string of the molecule is CC1c2cc3c4cc(-c5ccc6c7c(cccc57)CC6)ccc4n(-c4ccccc4)c3c3c2-c2c(cc4c5cc(-c6ccc7c8c(cccc68)CC7)ccc5n(-c5ccccc5)c4c2C(C)C3C)C1C. The molecule has 2 aromatic heterocycles. The van der Waals surface area contributed by atoms with E-state index in [0.717, 1.165) is 25.7 Å². The van der Waals surface area contributed by atoms with Crippen molar-refractivity contribution in [2.75, 3.05) is 0 Å². The first-order chi connectivity index (χ1) is 34.4. The summed E-state index contributed by atoms with van der Waals surface area (Å²) in [6.07, 6.45) is 4.55. The number of nitrogens with zero attached hydrogens (tertiary/aromatic N) is 2. The van der Waals surface area contributed by atoms with Crippen LogP contribution in [-0.2, 0) is 25.7 Å². The van der Waals surface area contributed by atoms with E-state index in [0.29, 0.717) is 11.8 Å². The molecular weight excluding hydrogens is 845 g/mol. The first kappa shape index (κ1) is 39.2. The Kier molecular flexibility index (Phi) is 7.83. The van der Waals surface area contributed by atoms with Crippen LogP contribution in [0.5, 0.6) is 0 Å². The number of fused-ring (bicyclic) bond motifs is 8. The second kappa shape index (κ2) is 14.0. The molecule has 0 saturated heterocycles. The molecule has 4 aliphatic carbocycles. The molecule has 0 spiro atoms. The van der Waals surface area contributed by atoms with Gasteiger partial charge in [-0.15, -0.1) is 0 Å². The molecule has 0 saturated carbocycles. The zero-order valence-corrected chi connectivity index (χ0v) is 40.2. The number of aromatic nitrogens is 2. The first-order valence-electron chi connectivity index (χ1n) is 25.9. The van der Waals surface area contributed by atoms with E-state index in [9.17, 15) is 0 Å². The highest BCUT2D eigenvalue weighted by atomic mass is 15.0. The van der Waals surface area contributed by atoms with Crippen molar-refractivity contribution in [3.05, 3.63) is 214 Å². The summed E-state index contributed by atoms with van der Waals surface area (Å²) in [7, 11) is 0. The van der Waals surface area contributed by atoms with Gasteiger partial charge >= 0.3 is 0 Å². The van der Waals surface area contributed by atoms with Crippen LogP contribution in [0.3, 0.4) is 0 Å². The topological polar surface area (TPSA) is 9.86 Å². The Morgan fingerprint density at radius 1 is 0.343 bits per heavy atom. The van der Waals surface area contributed by atoms with Gasteiger partial charge in [0.1, 0.15) is 0 Å². The minimum atomic E-state index is 0.248. The normalized spacial score (nSPS) is 18.6. The maximum Gasteiger partial charge on any atom is 0.0582 e. The molecule has 4 unspecified atom stereocenters. The van der Waals surface area contributed by atoms with Gasteiger partial charge in [-0.25, -0.2) is 0 Å². The van der Waals surface area contributed by atoms with Gasteiger partial charge in [-0.2, -0.15) is 0 Å². The van der Waals surface area contributed by atoms with E-state index in [1.165, 1.54) is 154 Å². The molecule has 4 aliphatic rings. The summed E-state index contributed by atoms with van der Waals surface area (Å²) in [5.74, 6) is 1.16. The van der Waals surface area contributed by atoms with E-state index in [1.54, 1.807) is 0 Å². The van der Waals surface area contributed by atoms with Crippen molar-refractivity contribution < 1.29 is 0 Å². The molecule has 4 atom stereocenters. The van der Waals surface area contributed by atoms with Gasteiger partial charge in [-0.05, 0) is 209 Å². The van der Waals surface area contributed by atoms with E-state index < -0.39 is 0 Å². The van der Waals surface area contributed by atoms with Crippen molar-refractivity contribution in [2.24, 2.45) is 0 Å². The van der Waals surface area contributed by atoms with Gasteiger partial charge in [-0.3, -0.25) is 0 Å². The standard InChI is InChI=1S/C68H52N2/c1-37-38(2)54-36-58-56-34-46(50-30-26-44-24-22-42-14-12-20-52(50)64(42)44)28-32-60(56)70(48-17-9-6-10-18-48)68(58)62-40(4)39(3)61-65(66(54)62)53(37)35-57-55-33-45(27-31-59(55)69(67(57)61)47-15-7-5-8-16-47)49-29-25-43-23-21-41-13-11-19-51(49)63(41)43/h5-20,25-40H,21-24H2,1-4H3. The Balaban J connectivity index is 1.00. The zero-order valence-electron chi connectivity index (χ0n) is 40.2. The Hall–Kier alpha value is -7.68. The smallest absolute Gasteiger partial charge is 0.0582 e. The molecule has 2 heterocycles. The van der Waals surface area contributed by atoms with E-state index in [2.05, 4.69) is 207 Å². The monoisotopic (exact) mass is 896 g/mol. The van der Waals surface area contributed by atoms with Gasteiger partial charge in [0.2, 0.25) is 0 Å². The van der Waals surface area contributed by atoms with Crippen LogP contribution in [0.1, 0.15) is 95.9 Å². The largest absolute Gasteiger partial charge is 0.309 e. The van der Waals surface area contributed by atoms with Crippen LogP contribution in [-0.4, -0.2) is 9.13 Å². The third-order valence-electron chi connectivity index (χ3n) is 18.3. The summed E-state index contributed by atoms with van der Waals surface area (Å²) in [6.45, 7) is 10.1. The number of hydrogen-bond donors (Lipinski definition) is 0. The highest BCUT2D eigenvalue weighted by Crippen LogP contribution is 2.62. The van der Waals surface area contributed by atoms with Crippen molar-refractivity contribution in [1.29, 1.82) is 0 Å². The summed E-state index contributed by atoms with van der Waals surface area (Å²) in [6, 6.07) is 65.8. The van der Waals surface area contributed by atoms with E-state index >= 15 is 0 Å². The number of para-hydroxylation sites is 2. The Morgan fingerprint density at radius 2 is 0.757 bits per heavy atom. The lowest BCUT2D eigenvalue weighted by molar-refractivity contribution is 0.584. The summed E-state index contributed by atoms with van der Waals surface area (Å²) in [4.78, 5) is 0. The average molecular weight is 897 g/mol. The molecular formula is C68H52N2. The minimum absolute atomic E-state index is 0.248. The van der Waals surface area contributed by atoms with Crippen molar-refractivity contribution in [3.63, 3.8) is 0 Å². The second-order valence-electron chi connectivity index (χ2n) is 21.5. The molecule has 0 aliphatic heterocycles. The van der Waals surface area contributed by atoms with Crippen molar-refractivity contribution in [2.45, 2.75) is 77.0 Å². The summed E-state index contributed by atoms with van der Waals surface area (Å²) < 4.78 is 5.24. The second-order valence-corrected chi connectivity index (χ2v) is 21.5. The lowest BCUT2D eigenvalue weighted by Gasteiger charge is -2.42. The maximum atomic E-state index is 2.64. The van der Waals surface area contributed by atoms with Gasteiger partial charge in [-0.1, -0.05) is 137 Å². The van der Waals surface area contributed by atoms with Crippen molar-refractivity contribution in [1.82, 2.24) is 9.13 Å². The molecule has 0 amide bonds. The summed E-state index contributed by atoms with van der Waals surface area (Å²) >= 11 is 0. The molecule has 2 nitrogen and oxygen atoms in total. The van der Waals surface area contributed by atoms with Crippen LogP contribution < -0.4 is 0 Å². The fraction of sp³-hybridized carbons (Fsp3) is 0.176. The maximum absolute atomic E-state index is 2.64. The molecule has 0 N–H and O–H groups in total. The summed E-state index contributed by atoms with van der Waals surface area (Å²) in [5, 5.41) is 11.2. The molecule has 2 heteroatoms. The van der Waals surface area contributed by atoms with Crippen LogP contribution >= 0.6 is 0 Å². The van der Waals surface area contributed by atoms with E-state index in [4.69, 9.17) is 0 Å². The zero-order chi connectivity index (χ0) is 46.3. The van der Waals surface area contributed by atoms with Crippen LogP contribution in [0.15, 0.2) is 170 Å². The van der Waals surface area contributed by atoms with Crippen molar-refractivity contribution in [3.8, 4) is 44.8 Å². The number of rotatable bonds is 4. The van der Waals surface area contributed by atoms with Gasteiger partial charge in [0.25, 0.3) is 0 Å². The number of benzene rings is 10. The molecule has 0 radical (unpaired) electrons. The number of aryl methyl sites for hydroxylation is 4. The van der Waals surface area contributed by atoms with Gasteiger partial charge in [0.15, 0.2) is 0 Å². The molecule has 70 heavy (non-hydrogen) atoms. The quantitative estimate of drug-likeness (QED) is 0.167. The van der Waals surface area contributed by atoms with Crippen LogP contribution in [0.4, 0.5) is 0 Å². The Bertz CT molecular complexity index is 4000. The van der Waals surface area contributed by atoms with E-state index in [1.807, 2.05) is 0 Å². The fourth-order valence-corrected chi connectivity index (χ4v) is 14.7. The average Bonchev–Trinajstić information content (AvgIpc) is 4.20. The van der Waals surface area contributed by atoms with Crippen molar-refractivity contribution >= 4 is 65.2 Å². The van der Waals surface area contributed by atoms with Gasteiger partial charge in [0, 0.05) is 32.9 Å². The summed E-state index contributed by atoms with van der Waals surface area (Å²) in [5.41, 5.74) is 28.0. The number of hydrogen-bond acceptors (Lipinski definition) is 0. The predicted molar refractivity (Wildman–Crippen MR) is 295 cm³/mol. The molecule has 0 bridgehead atoms. The van der Waals surface area contributed by atoms with E-state index in [-0.39, 0.29) is 11.8 Å². The lowest BCUT2D eigenvalue weighted by Crippen LogP contribution is -2.24. The van der Waals surface area contributed by atoms with Crippen LogP contribution in [0.25, 0.3) is 110 Å². The third-order valence-corrected chi connectivity index (χ3v) is 18.3. The van der Waals surface area contributed by atoms with Crippen LogP contribution in [0.2, 0.25) is 0 Å².